The number of allylic oxidation sites excluding steroid dienone is 1. The van der Waals surface area contributed by atoms with Crippen LogP contribution in [-0.4, -0.2) is 34.9 Å². The van der Waals surface area contributed by atoms with Gasteiger partial charge in [0.05, 0.1) is 11.4 Å². The Labute approximate surface area is 198 Å². The summed E-state index contributed by atoms with van der Waals surface area (Å²) in [6.07, 6.45) is 9.84. The van der Waals surface area contributed by atoms with Crippen molar-refractivity contribution in [3.8, 4) is 11.1 Å². The zero-order valence-electron chi connectivity index (χ0n) is 19.6. The minimum absolute atomic E-state index is 0.143. The number of likely N-dealkylation sites (N-methyl/N-ethyl adjacent to an activating group) is 1. The van der Waals surface area contributed by atoms with Crippen molar-refractivity contribution < 1.29 is 9.18 Å². The summed E-state index contributed by atoms with van der Waals surface area (Å²) in [4.78, 5) is 29.5. The molecule has 1 aromatic carbocycles. The average Bonchev–Trinajstić information content (AvgIpc) is 3.36. The van der Waals surface area contributed by atoms with E-state index >= 15 is 0 Å². The molecule has 1 aromatic heterocycles. The fraction of sp³-hybridized carbons (Fsp3) is 0.385. The van der Waals surface area contributed by atoms with E-state index in [1.807, 2.05) is 7.05 Å². The van der Waals surface area contributed by atoms with Crippen LogP contribution in [-0.2, 0) is 11.3 Å². The molecule has 4 rings (SSSR count). The standard InChI is InChI=1S/C26H32FN5O2/c1-16(18-5-3-4-6-18)32(2)25-22(28)8-10-30-24(25)26(34)31-15-17-11-20(13-21(27)12-17)19-7-9-29-23(33)14-19/h7-14,16,18,24,30H,3-6,15,28H2,1-2H3,(H,29,33)(H,31,34). The topological polar surface area (TPSA) is 103 Å². The van der Waals surface area contributed by atoms with Crippen LogP contribution in [0.25, 0.3) is 11.1 Å². The van der Waals surface area contributed by atoms with Crippen molar-refractivity contribution >= 4 is 5.91 Å². The summed E-state index contributed by atoms with van der Waals surface area (Å²) in [5.41, 5.74) is 9.15. The van der Waals surface area contributed by atoms with E-state index in [2.05, 4.69) is 27.4 Å². The molecular formula is C26H32FN5O2. The zero-order chi connectivity index (χ0) is 24.2. The number of carbonyl (C=O) groups excluding carboxylic acids is 1. The van der Waals surface area contributed by atoms with Crippen molar-refractivity contribution in [1.82, 2.24) is 20.5 Å². The van der Waals surface area contributed by atoms with Gasteiger partial charge in [-0.1, -0.05) is 12.8 Å². The van der Waals surface area contributed by atoms with Crippen molar-refractivity contribution in [3.05, 3.63) is 81.9 Å². The van der Waals surface area contributed by atoms with Crippen LogP contribution < -0.4 is 21.9 Å². The van der Waals surface area contributed by atoms with Crippen LogP contribution >= 0.6 is 0 Å². The molecule has 180 valence electrons. The quantitative estimate of drug-likeness (QED) is 0.504. The van der Waals surface area contributed by atoms with Gasteiger partial charge in [-0.2, -0.15) is 0 Å². The maximum absolute atomic E-state index is 14.3. The Balaban J connectivity index is 1.49. The number of nitrogens with two attached hydrogens (primary N) is 1. The number of nitrogens with one attached hydrogen (secondary N) is 3. The normalized spacial score (nSPS) is 19.1. The van der Waals surface area contributed by atoms with Gasteiger partial charge in [-0.05, 0) is 78.9 Å². The predicted molar refractivity (Wildman–Crippen MR) is 131 cm³/mol. The number of dihydropyridines is 1. The Hall–Kier alpha value is -3.55. The third-order valence-corrected chi connectivity index (χ3v) is 6.96. The summed E-state index contributed by atoms with van der Waals surface area (Å²) in [5.74, 6) is -0.0960. The fourth-order valence-electron chi connectivity index (χ4n) is 4.98. The van der Waals surface area contributed by atoms with E-state index in [1.54, 1.807) is 24.4 Å². The van der Waals surface area contributed by atoms with Gasteiger partial charge < -0.3 is 26.3 Å². The predicted octanol–water partition coefficient (Wildman–Crippen LogP) is 2.96. The molecule has 0 saturated heterocycles. The third-order valence-electron chi connectivity index (χ3n) is 6.96. The molecule has 2 unspecified atom stereocenters. The Morgan fingerprint density at radius 1 is 1.24 bits per heavy atom. The van der Waals surface area contributed by atoms with E-state index in [-0.39, 0.29) is 24.1 Å². The van der Waals surface area contributed by atoms with Gasteiger partial charge in [0.2, 0.25) is 11.5 Å². The van der Waals surface area contributed by atoms with Crippen LogP contribution in [0.3, 0.4) is 0 Å². The molecule has 8 heteroatoms. The van der Waals surface area contributed by atoms with Crippen LogP contribution in [0.1, 0.15) is 38.2 Å². The molecule has 0 spiro atoms. The molecule has 0 radical (unpaired) electrons. The summed E-state index contributed by atoms with van der Waals surface area (Å²) >= 11 is 0. The first-order valence-corrected chi connectivity index (χ1v) is 11.7. The van der Waals surface area contributed by atoms with Crippen molar-refractivity contribution in [2.45, 2.75) is 51.2 Å². The second-order valence-corrected chi connectivity index (χ2v) is 9.18. The van der Waals surface area contributed by atoms with Crippen LogP contribution in [0, 0.1) is 11.7 Å². The highest BCUT2D eigenvalue weighted by molar-refractivity contribution is 5.85. The molecular weight excluding hydrogens is 433 g/mol. The number of amides is 1. The van der Waals surface area contributed by atoms with Crippen molar-refractivity contribution in [3.63, 3.8) is 0 Å². The molecule has 2 heterocycles. The van der Waals surface area contributed by atoms with Crippen LogP contribution in [0.4, 0.5) is 4.39 Å². The van der Waals surface area contributed by atoms with Gasteiger partial charge in [-0.3, -0.25) is 9.59 Å². The van der Waals surface area contributed by atoms with E-state index in [0.717, 1.165) is 5.70 Å². The van der Waals surface area contributed by atoms with Crippen molar-refractivity contribution in [2.24, 2.45) is 11.7 Å². The first-order chi connectivity index (χ1) is 16.3. The Morgan fingerprint density at radius 3 is 2.74 bits per heavy atom. The molecule has 1 saturated carbocycles. The van der Waals surface area contributed by atoms with Crippen LogP contribution in [0.2, 0.25) is 0 Å². The average molecular weight is 466 g/mol. The molecule has 0 bridgehead atoms. The highest BCUT2D eigenvalue weighted by Crippen LogP contribution is 2.32. The van der Waals surface area contributed by atoms with Crippen LogP contribution in [0.5, 0.6) is 0 Å². The third kappa shape index (κ3) is 5.16. The summed E-state index contributed by atoms with van der Waals surface area (Å²) in [5, 5.41) is 6.05. The minimum Gasteiger partial charge on any atom is -0.397 e. The van der Waals surface area contributed by atoms with Crippen LogP contribution in [0.15, 0.2) is 65.0 Å². The second-order valence-electron chi connectivity index (χ2n) is 9.18. The number of benzene rings is 1. The Morgan fingerprint density at radius 2 is 2.00 bits per heavy atom. The van der Waals surface area contributed by atoms with E-state index in [9.17, 15) is 14.0 Å². The molecule has 34 heavy (non-hydrogen) atoms. The first kappa shape index (κ1) is 23.6. The molecule has 2 aliphatic rings. The van der Waals surface area contributed by atoms with E-state index in [0.29, 0.717) is 28.3 Å². The number of pyridine rings is 1. The van der Waals surface area contributed by atoms with E-state index < -0.39 is 11.9 Å². The fourth-order valence-corrected chi connectivity index (χ4v) is 4.98. The maximum Gasteiger partial charge on any atom is 0.249 e. The van der Waals surface area contributed by atoms with Crippen molar-refractivity contribution in [1.29, 1.82) is 0 Å². The molecule has 1 aliphatic carbocycles. The number of rotatable bonds is 7. The lowest BCUT2D eigenvalue weighted by atomic mass is 9.96. The lowest BCUT2D eigenvalue weighted by Gasteiger charge is -2.38. The zero-order valence-corrected chi connectivity index (χ0v) is 19.6. The SMILES string of the molecule is CC(C1CCCC1)N(C)C1=C(N)C=CNC1C(=O)NCc1cc(F)cc(-c2cc[nH]c(=O)c2)c1. The number of aromatic amines is 1. The van der Waals surface area contributed by atoms with Gasteiger partial charge in [-0.25, -0.2) is 4.39 Å². The number of carbonyl (C=O) groups is 1. The van der Waals surface area contributed by atoms with Crippen molar-refractivity contribution in [2.75, 3.05) is 7.05 Å². The molecule has 5 N–H and O–H groups in total. The highest BCUT2D eigenvalue weighted by atomic mass is 19.1. The Bertz CT molecular complexity index is 1170. The minimum atomic E-state index is -0.639. The van der Waals surface area contributed by atoms with Gasteiger partial charge in [0, 0.05) is 31.9 Å². The second kappa shape index (κ2) is 10.2. The number of aromatic nitrogens is 1. The largest absolute Gasteiger partial charge is 0.397 e. The number of H-pyrrole nitrogens is 1. The Kier molecular flexibility index (Phi) is 7.05. The van der Waals surface area contributed by atoms with Gasteiger partial charge >= 0.3 is 0 Å². The summed E-state index contributed by atoms with van der Waals surface area (Å²) in [6, 6.07) is 7.26. The monoisotopic (exact) mass is 465 g/mol. The molecule has 1 aliphatic heterocycles. The summed E-state index contributed by atoms with van der Waals surface area (Å²) in [6.45, 7) is 2.33. The van der Waals surface area contributed by atoms with Gasteiger partial charge in [0.15, 0.2) is 0 Å². The summed E-state index contributed by atoms with van der Waals surface area (Å²) in [7, 11) is 1.99. The van der Waals surface area contributed by atoms with Gasteiger partial charge in [0.1, 0.15) is 11.9 Å². The lowest BCUT2D eigenvalue weighted by molar-refractivity contribution is -0.122. The summed E-state index contributed by atoms with van der Waals surface area (Å²) < 4.78 is 14.3. The molecule has 1 amide bonds. The number of hydrogen-bond acceptors (Lipinski definition) is 5. The number of hydrogen-bond donors (Lipinski definition) is 4. The highest BCUT2D eigenvalue weighted by Gasteiger charge is 2.33. The molecule has 2 aromatic rings. The first-order valence-electron chi connectivity index (χ1n) is 11.7. The number of nitrogens with zero attached hydrogens (tertiary/aromatic N) is 1. The molecule has 2 atom stereocenters. The lowest BCUT2D eigenvalue weighted by Crippen LogP contribution is -2.51. The van der Waals surface area contributed by atoms with E-state index in [4.69, 9.17) is 5.73 Å². The maximum atomic E-state index is 14.3. The van der Waals surface area contributed by atoms with Gasteiger partial charge in [-0.15, -0.1) is 0 Å². The van der Waals surface area contributed by atoms with E-state index in [1.165, 1.54) is 50.1 Å². The van der Waals surface area contributed by atoms with Gasteiger partial charge in [0.25, 0.3) is 0 Å². The molecule has 7 nitrogen and oxygen atoms in total. The number of halogens is 1. The smallest absolute Gasteiger partial charge is 0.249 e. The molecule has 1 fully saturated rings.